The molecule has 0 saturated heterocycles. The van der Waals surface area contributed by atoms with Crippen molar-refractivity contribution in [3.8, 4) is 5.75 Å². The molecule has 7 nitrogen and oxygen atoms in total. The number of methoxy groups -OCH3 is 1. The Labute approximate surface area is 109 Å². The van der Waals surface area contributed by atoms with Crippen LogP contribution in [0.15, 0.2) is 12.1 Å². The van der Waals surface area contributed by atoms with Crippen LogP contribution in [0.2, 0.25) is 0 Å². The van der Waals surface area contributed by atoms with E-state index in [1.54, 1.807) is 6.92 Å². The molecule has 0 aliphatic heterocycles. The number of esters is 1. The lowest BCUT2D eigenvalue weighted by Gasteiger charge is -2.10. The lowest BCUT2D eigenvalue weighted by atomic mass is 10.0. The van der Waals surface area contributed by atoms with Crippen LogP contribution in [0.5, 0.6) is 5.75 Å². The lowest BCUT2D eigenvalue weighted by molar-refractivity contribution is -0.385. The third kappa shape index (κ3) is 3.27. The second-order valence-corrected chi connectivity index (χ2v) is 3.54. The van der Waals surface area contributed by atoms with E-state index in [-0.39, 0.29) is 35.6 Å². The van der Waals surface area contributed by atoms with Gasteiger partial charge in [-0.1, -0.05) is 0 Å². The van der Waals surface area contributed by atoms with Crippen LogP contribution < -0.4 is 4.74 Å². The van der Waals surface area contributed by atoms with Crippen LogP contribution in [0.3, 0.4) is 0 Å². The Bertz CT molecular complexity index is 511. The van der Waals surface area contributed by atoms with Gasteiger partial charge in [-0.3, -0.25) is 19.7 Å². The summed E-state index contributed by atoms with van der Waals surface area (Å²) in [6, 6.07) is 2.51. The van der Waals surface area contributed by atoms with Gasteiger partial charge in [0, 0.05) is 11.6 Å². The van der Waals surface area contributed by atoms with Gasteiger partial charge >= 0.3 is 5.97 Å². The van der Waals surface area contributed by atoms with Crippen LogP contribution in [0.25, 0.3) is 0 Å². The molecule has 1 aromatic rings. The number of carbonyl (C=O) groups is 2. The summed E-state index contributed by atoms with van der Waals surface area (Å²) in [5, 5.41) is 10.8. The maximum atomic E-state index is 11.5. The van der Waals surface area contributed by atoms with Crippen LogP contribution in [0.1, 0.15) is 22.8 Å². The highest BCUT2D eigenvalue weighted by atomic mass is 16.6. The van der Waals surface area contributed by atoms with Gasteiger partial charge in [0.25, 0.3) is 5.69 Å². The van der Waals surface area contributed by atoms with Crippen molar-refractivity contribution in [3.05, 3.63) is 33.4 Å². The zero-order valence-corrected chi connectivity index (χ0v) is 10.5. The van der Waals surface area contributed by atoms with E-state index in [1.807, 2.05) is 0 Å². The average Bonchev–Trinajstić information content (AvgIpc) is 2.38. The summed E-state index contributed by atoms with van der Waals surface area (Å²) in [5.74, 6) is -0.342. The molecule has 0 N–H and O–H groups in total. The molecule has 0 saturated carbocycles. The van der Waals surface area contributed by atoms with Crippen LogP contribution in [0.4, 0.5) is 5.69 Å². The summed E-state index contributed by atoms with van der Waals surface area (Å²) in [5.41, 5.74) is -0.377. The van der Waals surface area contributed by atoms with E-state index in [9.17, 15) is 19.7 Å². The lowest BCUT2D eigenvalue weighted by Crippen LogP contribution is -2.11. The molecule has 0 aliphatic rings. The topological polar surface area (TPSA) is 95.7 Å². The number of benzene rings is 1. The fourth-order valence-electron chi connectivity index (χ4n) is 1.65. The molecular weight excluding hydrogens is 254 g/mol. The van der Waals surface area contributed by atoms with E-state index >= 15 is 0 Å². The number of ether oxygens (including phenoxy) is 2. The fourth-order valence-corrected chi connectivity index (χ4v) is 1.65. The van der Waals surface area contributed by atoms with Crippen LogP contribution in [-0.2, 0) is 16.0 Å². The van der Waals surface area contributed by atoms with Gasteiger partial charge in [-0.2, -0.15) is 0 Å². The van der Waals surface area contributed by atoms with Crippen molar-refractivity contribution >= 4 is 17.9 Å². The minimum Gasteiger partial charge on any atom is -0.496 e. The number of hydrogen-bond donors (Lipinski definition) is 0. The van der Waals surface area contributed by atoms with Gasteiger partial charge in [0.2, 0.25) is 0 Å². The summed E-state index contributed by atoms with van der Waals surface area (Å²) in [6.45, 7) is 1.83. The molecule has 0 aromatic heterocycles. The SMILES string of the molecule is CCOC(=O)Cc1c(OC)ccc([N+](=O)[O-])c1C=O. The van der Waals surface area contributed by atoms with E-state index < -0.39 is 10.9 Å². The van der Waals surface area contributed by atoms with Crippen molar-refractivity contribution < 1.29 is 24.0 Å². The third-order valence-corrected chi connectivity index (χ3v) is 2.45. The summed E-state index contributed by atoms with van der Waals surface area (Å²) >= 11 is 0. The van der Waals surface area contributed by atoms with Crippen molar-refractivity contribution in [1.29, 1.82) is 0 Å². The monoisotopic (exact) mass is 267 g/mol. The number of hydrogen-bond acceptors (Lipinski definition) is 6. The van der Waals surface area contributed by atoms with Crippen molar-refractivity contribution in [3.63, 3.8) is 0 Å². The highest BCUT2D eigenvalue weighted by Gasteiger charge is 2.23. The first-order valence-corrected chi connectivity index (χ1v) is 5.50. The molecule has 0 bridgehead atoms. The summed E-state index contributed by atoms with van der Waals surface area (Å²) in [7, 11) is 1.35. The Balaban J connectivity index is 3.31. The molecule has 0 fully saturated rings. The first kappa shape index (κ1) is 14.6. The van der Waals surface area contributed by atoms with Gasteiger partial charge in [-0.05, 0) is 13.0 Å². The molecule has 0 aliphatic carbocycles. The molecule has 0 spiro atoms. The highest BCUT2D eigenvalue weighted by molar-refractivity contribution is 5.88. The predicted octanol–water partition coefficient (Wildman–Crippen LogP) is 1.52. The van der Waals surface area contributed by atoms with Gasteiger partial charge in [0.05, 0.1) is 30.6 Å². The number of carbonyl (C=O) groups excluding carboxylic acids is 2. The Hall–Kier alpha value is -2.44. The quantitative estimate of drug-likeness (QED) is 0.335. The van der Waals surface area contributed by atoms with Gasteiger partial charge in [-0.15, -0.1) is 0 Å². The molecular formula is C12H13NO6. The van der Waals surface area contributed by atoms with Gasteiger partial charge in [0.15, 0.2) is 6.29 Å². The highest BCUT2D eigenvalue weighted by Crippen LogP contribution is 2.29. The van der Waals surface area contributed by atoms with E-state index in [2.05, 4.69) is 0 Å². The largest absolute Gasteiger partial charge is 0.496 e. The molecule has 102 valence electrons. The summed E-state index contributed by atoms with van der Waals surface area (Å²) < 4.78 is 9.78. The number of nitrogens with zero attached hydrogens (tertiary/aromatic N) is 1. The molecule has 0 heterocycles. The molecule has 1 aromatic carbocycles. The first-order chi connectivity index (χ1) is 9.04. The van der Waals surface area contributed by atoms with Gasteiger partial charge < -0.3 is 9.47 Å². The van der Waals surface area contributed by atoms with E-state index in [0.717, 1.165) is 6.07 Å². The fraction of sp³-hybridized carbons (Fsp3) is 0.333. The van der Waals surface area contributed by atoms with Crippen molar-refractivity contribution in [2.24, 2.45) is 0 Å². The second-order valence-electron chi connectivity index (χ2n) is 3.54. The molecule has 0 radical (unpaired) electrons. The van der Waals surface area contributed by atoms with Crippen molar-refractivity contribution in [2.45, 2.75) is 13.3 Å². The molecule has 0 atom stereocenters. The van der Waals surface area contributed by atoms with E-state index in [0.29, 0.717) is 6.29 Å². The molecule has 0 unspecified atom stereocenters. The van der Waals surface area contributed by atoms with Crippen LogP contribution in [0, 0.1) is 10.1 Å². The Morgan fingerprint density at radius 2 is 2.16 bits per heavy atom. The number of nitro groups is 1. The predicted molar refractivity (Wildman–Crippen MR) is 65.4 cm³/mol. The summed E-state index contributed by atoms with van der Waals surface area (Å²) in [4.78, 5) is 32.7. The number of rotatable bonds is 6. The number of nitro benzene ring substituents is 1. The average molecular weight is 267 g/mol. The maximum absolute atomic E-state index is 11.5. The molecule has 1 rings (SSSR count). The van der Waals surface area contributed by atoms with Crippen molar-refractivity contribution in [2.75, 3.05) is 13.7 Å². The Morgan fingerprint density at radius 3 is 2.63 bits per heavy atom. The Kier molecular flexibility index (Phi) is 4.99. The summed E-state index contributed by atoms with van der Waals surface area (Å²) in [6.07, 6.45) is 0.0853. The smallest absolute Gasteiger partial charge is 0.310 e. The van der Waals surface area contributed by atoms with Crippen LogP contribution in [-0.4, -0.2) is 30.9 Å². The van der Waals surface area contributed by atoms with E-state index in [4.69, 9.17) is 9.47 Å². The normalized spacial score (nSPS) is 9.79. The molecule has 19 heavy (non-hydrogen) atoms. The number of aldehydes is 1. The zero-order valence-electron chi connectivity index (χ0n) is 10.5. The first-order valence-electron chi connectivity index (χ1n) is 5.50. The van der Waals surface area contributed by atoms with Gasteiger partial charge in [-0.25, -0.2) is 0 Å². The minimum atomic E-state index is -0.683. The molecule has 0 amide bonds. The van der Waals surface area contributed by atoms with E-state index in [1.165, 1.54) is 13.2 Å². The second kappa shape index (κ2) is 6.48. The molecule has 7 heteroatoms. The van der Waals surface area contributed by atoms with Crippen molar-refractivity contribution in [1.82, 2.24) is 0 Å². The minimum absolute atomic E-state index is 0.158. The standard InChI is InChI=1S/C12H13NO6/c1-3-19-12(15)6-8-9(7-14)10(13(16)17)4-5-11(8)18-2/h4-5,7H,3,6H2,1-2H3. The third-order valence-electron chi connectivity index (χ3n) is 2.45. The van der Waals surface area contributed by atoms with Gasteiger partial charge in [0.1, 0.15) is 5.75 Å². The maximum Gasteiger partial charge on any atom is 0.310 e. The zero-order chi connectivity index (χ0) is 14.4. The Morgan fingerprint density at radius 1 is 1.47 bits per heavy atom. The van der Waals surface area contributed by atoms with Crippen LogP contribution >= 0.6 is 0 Å².